The molecule has 1 aliphatic carbocycles. The lowest BCUT2D eigenvalue weighted by atomic mass is 10.2. The molecule has 0 N–H and O–H groups in total. The highest BCUT2D eigenvalue weighted by Gasteiger charge is 2.53. The maximum absolute atomic E-state index is 11.4. The van der Waals surface area contributed by atoms with E-state index in [4.69, 9.17) is 0 Å². The van der Waals surface area contributed by atoms with Crippen LogP contribution in [-0.2, 0) is 4.79 Å². The van der Waals surface area contributed by atoms with Crippen LogP contribution in [0.1, 0.15) is 26.7 Å². The van der Waals surface area contributed by atoms with Gasteiger partial charge in [0.1, 0.15) is 0 Å². The smallest absolute Gasteiger partial charge is 0.222 e. The average molecular weight is 167 g/mol. The molecule has 1 saturated carbocycles. The summed E-state index contributed by atoms with van der Waals surface area (Å²) in [4.78, 5) is 13.5. The molecule has 0 spiro atoms. The molecular formula is C10H17NO. The van der Waals surface area contributed by atoms with E-state index in [9.17, 15) is 4.79 Å². The lowest BCUT2D eigenvalue weighted by Crippen LogP contribution is -2.30. The van der Waals surface area contributed by atoms with E-state index in [1.165, 1.54) is 0 Å². The van der Waals surface area contributed by atoms with Crippen LogP contribution in [0, 0.1) is 17.8 Å². The number of fused-ring (bicyclic) bond motifs is 1. The average Bonchev–Trinajstić information content (AvgIpc) is 2.52. The number of hydrogen-bond donors (Lipinski definition) is 0. The van der Waals surface area contributed by atoms with E-state index < -0.39 is 0 Å². The summed E-state index contributed by atoms with van der Waals surface area (Å²) in [6.45, 7) is 6.46. The van der Waals surface area contributed by atoms with Crippen LogP contribution in [0.2, 0.25) is 0 Å². The van der Waals surface area contributed by atoms with Crippen LogP contribution in [0.25, 0.3) is 0 Å². The lowest BCUT2D eigenvalue weighted by Gasteiger charge is -2.18. The number of amides is 1. The van der Waals surface area contributed by atoms with Gasteiger partial charge in [-0.25, -0.2) is 0 Å². The normalized spacial score (nSPS) is 38.2. The maximum Gasteiger partial charge on any atom is 0.222 e. The first kappa shape index (κ1) is 8.09. The van der Waals surface area contributed by atoms with E-state index in [-0.39, 0.29) is 0 Å². The largest absolute Gasteiger partial charge is 0.342 e. The summed E-state index contributed by atoms with van der Waals surface area (Å²) < 4.78 is 0. The van der Waals surface area contributed by atoms with Gasteiger partial charge in [-0.15, -0.1) is 0 Å². The molecule has 1 heterocycles. The van der Waals surface area contributed by atoms with Crippen molar-refractivity contribution in [3.8, 4) is 0 Å². The Morgan fingerprint density at radius 3 is 2.50 bits per heavy atom. The minimum Gasteiger partial charge on any atom is -0.342 e. The number of likely N-dealkylation sites (tertiary alicyclic amines) is 1. The zero-order chi connectivity index (χ0) is 8.72. The fourth-order valence-corrected chi connectivity index (χ4v) is 2.40. The Hall–Kier alpha value is -0.530. The Bertz CT molecular complexity index is 190. The highest BCUT2D eigenvalue weighted by molar-refractivity contribution is 5.76. The van der Waals surface area contributed by atoms with Gasteiger partial charge in [-0.1, -0.05) is 13.8 Å². The fraction of sp³-hybridized carbons (Fsp3) is 0.900. The molecule has 0 aromatic heterocycles. The Morgan fingerprint density at radius 2 is 2.00 bits per heavy atom. The summed E-state index contributed by atoms with van der Waals surface area (Å²) in [6, 6.07) is 0. The first-order chi connectivity index (χ1) is 5.74. The zero-order valence-corrected chi connectivity index (χ0v) is 7.92. The van der Waals surface area contributed by atoms with Crippen molar-refractivity contribution in [2.45, 2.75) is 26.7 Å². The van der Waals surface area contributed by atoms with Crippen molar-refractivity contribution >= 4 is 5.91 Å². The molecule has 0 aromatic carbocycles. The van der Waals surface area contributed by atoms with Crippen LogP contribution < -0.4 is 0 Å². The second-order valence-corrected chi connectivity index (χ2v) is 4.24. The minimum absolute atomic E-state index is 0.372. The summed E-state index contributed by atoms with van der Waals surface area (Å²) in [5.41, 5.74) is 0. The highest BCUT2D eigenvalue weighted by Crippen LogP contribution is 2.51. The first-order valence-corrected chi connectivity index (χ1v) is 5.01. The molecule has 2 rings (SSSR count). The third kappa shape index (κ3) is 1.13. The van der Waals surface area contributed by atoms with Gasteiger partial charge < -0.3 is 4.90 Å². The van der Waals surface area contributed by atoms with E-state index in [1.807, 2.05) is 0 Å². The Labute approximate surface area is 73.9 Å². The second kappa shape index (κ2) is 2.75. The van der Waals surface area contributed by atoms with Crippen molar-refractivity contribution < 1.29 is 4.79 Å². The zero-order valence-electron chi connectivity index (χ0n) is 7.92. The van der Waals surface area contributed by atoms with E-state index in [0.29, 0.717) is 5.91 Å². The molecule has 0 radical (unpaired) electrons. The molecule has 2 unspecified atom stereocenters. The number of rotatable bonds is 2. The van der Waals surface area contributed by atoms with Crippen LogP contribution in [0.3, 0.4) is 0 Å². The first-order valence-electron chi connectivity index (χ1n) is 5.01. The van der Waals surface area contributed by atoms with Gasteiger partial charge in [-0.3, -0.25) is 4.79 Å². The monoisotopic (exact) mass is 167 g/mol. The molecule has 68 valence electrons. The molecule has 2 aliphatic rings. The van der Waals surface area contributed by atoms with Crippen LogP contribution in [-0.4, -0.2) is 23.9 Å². The van der Waals surface area contributed by atoms with Crippen molar-refractivity contribution in [3.63, 3.8) is 0 Å². The molecule has 2 atom stereocenters. The maximum atomic E-state index is 11.4. The number of carbonyl (C=O) groups is 1. The van der Waals surface area contributed by atoms with Crippen LogP contribution in [0.15, 0.2) is 0 Å². The van der Waals surface area contributed by atoms with Crippen molar-refractivity contribution in [2.75, 3.05) is 13.1 Å². The molecule has 12 heavy (non-hydrogen) atoms. The number of hydrogen-bond acceptors (Lipinski definition) is 1. The molecule has 0 aromatic rings. The van der Waals surface area contributed by atoms with E-state index in [0.717, 1.165) is 43.7 Å². The molecule has 0 bridgehead atoms. The summed E-state index contributed by atoms with van der Waals surface area (Å²) in [6.07, 6.45) is 1.73. The highest BCUT2D eigenvalue weighted by atomic mass is 16.2. The Kier molecular flexibility index (Phi) is 1.85. The van der Waals surface area contributed by atoms with Gasteiger partial charge in [-0.2, -0.15) is 0 Å². The molecule has 2 heteroatoms. The van der Waals surface area contributed by atoms with Crippen LogP contribution >= 0.6 is 0 Å². The number of nitrogens with zero attached hydrogens (tertiary/aromatic N) is 1. The topological polar surface area (TPSA) is 20.3 Å². The predicted molar refractivity (Wildman–Crippen MR) is 47.6 cm³/mol. The summed E-state index contributed by atoms with van der Waals surface area (Å²) >= 11 is 0. The summed E-state index contributed by atoms with van der Waals surface area (Å²) in [5, 5.41) is 0. The van der Waals surface area contributed by atoms with Gasteiger partial charge in [0.05, 0.1) is 0 Å². The van der Waals surface area contributed by atoms with Crippen molar-refractivity contribution in [2.24, 2.45) is 17.8 Å². The number of piperidine rings is 1. The molecule has 2 nitrogen and oxygen atoms in total. The van der Waals surface area contributed by atoms with Crippen molar-refractivity contribution in [3.05, 3.63) is 0 Å². The van der Waals surface area contributed by atoms with Crippen LogP contribution in [0.5, 0.6) is 0 Å². The molecule has 2 fully saturated rings. The minimum atomic E-state index is 0.372. The Balaban J connectivity index is 1.82. The molecular weight excluding hydrogens is 150 g/mol. The molecule has 1 aliphatic heterocycles. The van der Waals surface area contributed by atoms with E-state index >= 15 is 0 Å². The van der Waals surface area contributed by atoms with Gasteiger partial charge in [0, 0.05) is 19.5 Å². The predicted octanol–water partition coefficient (Wildman–Crippen LogP) is 1.51. The summed E-state index contributed by atoms with van der Waals surface area (Å²) in [5.74, 6) is 2.98. The van der Waals surface area contributed by atoms with Gasteiger partial charge in [0.25, 0.3) is 0 Å². The SMILES string of the molecule is CCCC(=O)N1CC2C(C)C2C1. The summed E-state index contributed by atoms with van der Waals surface area (Å²) in [7, 11) is 0. The van der Waals surface area contributed by atoms with Crippen molar-refractivity contribution in [1.82, 2.24) is 4.90 Å². The van der Waals surface area contributed by atoms with Crippen LogP contribution in [0.4, 0.5) is 0 Å². The third-order valence-electron chi connectivity index (χ3n) is 3.44. The quantitative estimate of drug-likeness (QED) is 0.610. The van der Waals surface area contributed by atoms with Gasteiger partial charge in [0.15, 0.2) is 0 Å². The van der Waals surface area contributed by atoms with Crippen molar-refractivity contribution in [1.29, 1.82) is 0 Å². The standard InChI is InChI=1S/C10H17NO/c1-3-4-10(12)11-5-8-7(2)9(8)6-11/h7-9H,3-6H2,1-2H3. The van der Waals surface area contributed by atoms with E-state index in [1.54, 1.807) is 0 Å². The third-order valence-corrected chi connectivity index (χ3v) is 3.44. The second-order valence-electron chi connectivity index (χ2n) is 4.24. The van der Waals surface area contributed by atoms with E-state index in [2.05, 4.69) is 18.7 Å². The molecule has 1 saturated heterocycles. The fourth-order valence-electron chi connectivity index (χ4n) is 2.40. The Morgan fingerprint density at radius 1 is 1.42 bits per heavy atom. The van der Waals surface area contributed by atoms with Gasteiger partial charge in [0.2, 0.25) is 5.91 Å². The molecule has 1 amide bonds. The van der Waals surface area contributed by atoms with Gasteiger partial charge in [-0.05, 0) is 24.2 Å². The van der Waals surface area contributed by atoms with Gasteiger partial charge >= 0.3 is 0 Å². The lowest BCUT2D eigenvalue weighted by molar-refractivity contribution is -0.130. The number of carbonyl (C=O) groups excluding carboxylic acids is 1.